The second kappa shape index (κ2) is 7.09. The third-order valence-corrected chi connectivity index (χ3v) is 5.21. The molecule has 0 spiro atoms. The van der Waals surface area contributed by atoms with E-state index in [2.05, 4.69) is 5.32 Å². The van der Waals surface area contributed by atoms with Gasteiger partial charge in [-0.1, -0.05) is 49.2 Å². The van der Waals surface area contributed by atoms with Crippen LogP contribution in [0.5, 0.6) is 0 Å². The number of ether oxygens (including phenoxy) is 1. The van der Waals surface area contributed by atoms with E-state index in [0.717, 1.165) is 36.8 Å². The Hall–Kier alpha value is -2.62. The molecule has 4 heteroatoms. The molecule has 0 aromatic heterocycles. The van der Waals surface area contributed by atoms with E-state index in [9.17, 15) is 9.59 Å². The molecular weight excluding hydrogens is 314 g/mol. The first kappa shape index (κ1) is 17.2. The zero-order chi connectivity index (χ0) is 17.9. The molecule has 0 atom stereocenters. The predicted molar refractivity (Wildman–Crippen MR) is 97.7 cm³/mol. The predicted octanol–water partition coefficient (Wildman–Crippen LogP) is 4.23. The van der Waals surface area contributed by atoms with Gasteiger partial charge in [0, 0.05) is 5.69 Å². The molecule has 1 aliphatic carbocycles. The maximum atomic E-state index is 13.2. The van der Waals surface area contributed by atoms with Gasteiger partial charge in [-0.05, 0) is 43.0 Å². The van der Waals surface area contributed by atoms with Gasteiger partial charge < -0.3 is 10.1 Å². The molecule has 0 saturated heterocycles. The van der Waals surface area contributed by atoms with Gasteiger partial charge in [-0.2, -0.15) is 0 Å². The highest BCUT2D eigenvalue weighted by Gasteiger charge is 2.42. The van der Waals surface area contributed by atoms with Gasteiger partial charge in [-0.3, -0.25) is 4.79 Å². The number of benzene rings is 2. The largest absolute Gasteiger partial charge is 0.465 e. The molecule has 25 heavy (non-hydrogen) atoms. The zero-order valence-electron chi connectivity index (χ0n) is 14.7. The molecule has 1 fully saturated rings. The van der Waals surface area contributed by atoms with Crippen molar-refractivity contribution in [3.8, 4) is 0 Å². The van der Waals surface area contributed by atoms with E-state index in [1.165, 1.54) is 7.11 Å². The lowest BCUT2D eigenvalue weighted by molar-refractivity contribution is -0.121. The quantitative estimate of drug-likeness (QED) is 0.849. The zero-order valence-corrected chi connectivity index (χ0v) is 14.7. The average Bonchev–Trinajstić information content (AvgIpc) is 3.15. The highest BCUT2D eigenvalue weighted by molar-refractivity contribution is 6.01. The van der Waals surface area contributed by atoms with Gasteiger partial charge in [-0.25, -0.2) is 4.79 Å². The van der Waals surface area contributed by atoms with Crippen LogP contribution in [0, 0.1) is 6.92 Å². The van der Waals surface area contributed by atoms with Crippen molar-refractivity contribution in [1.29, 1.82) is 0 Å². The van der Waals surface area contributed by atoms with E-state index >= 15 is 0 Å². The van der Waals surface area contributed by atoms with Crippen LogP contribution in [0.2, 0.25) is 0 Å². The van der Waals surface area contributed by atoms with E-state index in [4.69, 9.17) is 4.74 Å². The topological polar surface area (TPSA) is 55.4 Å². The van der Waals surface area contributed by atoms with Crippen LogP contribution in [0.4, 0.5) is 5.69 Å². The number of methoxy groups -OCH3 is 1. The third-order valence-electron chi connectivity index (χ3n) is 5.21. The standard InChI is InChI=1S/C21H23NO3/c1-15-17(19(23)25-2)11-8-12-18(15)22-20(24)21(13-6-7-14-21)16-9-4-3-5-10-16/h3-5,8-12H,6-7,13-14H2,1-2H3,(H,22,24). The van der Waals surface area contributed by atoms with Crippen molar-refractivity contribution in [2.24, 2.45) is 0 Å². The maximum Gasteiger partial charge on any atom is 0.338 e. The molecule has 4 nitrogen and oxygen atoms in total. The molecule has 0 unspecified atom stereocenters. The molecule has 0 radical (unpaired) electrons. The fraction of sp³-hybridized carbons (Fsp3) is 0.333. The lowest BCUT2D eigenvalue weighted by Crippen LogP contribution is -2.38. The summed E-state index contributed by atoms with van der Waals surface area (Å²) >= 11 is 0. The number of nitrogens with one attached hydrogen (secondary N) is 1. The number of anilines is 1. The van der Waals surface area contributed by atoms with Crippen LogP contribution in [0.3, 0.4) is 0 Å². The number of hydrogen-bond acceptors (Lipinski definition) is 3. The average molecular weight is 337 g/mol. The molecule has 1 N–H and O–H groups in total. The van der Waals surface area contributed by atoms with Gasteiger partial charge in [0.25, 0.3) is 0 Å². The Bertz CT molecular complexity index is 777. The Morgan fingerprint density at radius 2 is 1.68 bits per heavy atom. The molecule has 0 bridgehead atoms. The minimum Gasteiger partial charge on any atom is -0.465 e. The lowest BCUT2D eigenvalue weighted by atomic mass is 9.78. The second-order valence-corrected chi connectivity index (χ2v) is 6.58. The number of esters is 1. The number of carbonyl (C=O) groups is 2. The first-order valence-corrected chi connectivity index (χ1v) is 8.63. The van der Waals surface area contributed by atoms with Gasteiger partial charge in [-0.15, -0.1) is 0 Å². The Morgan fingerprint density at radius 3 is 2.32 bits per heavy atom. The molecule has 1 aliphatic rings. The van der Waals surface area contributed by atoms with E-state index in [1.807, 2.05) is 43.3 Å². The Kier molecular flexibility index (Phi) is 4.88. The van der Waals surface area contributed by atoms with Crippen LogP contribution in [0.1, 0.15) is 47.2 Å². The molecule has 0 heterocycles. The molecule has 0 aliphatic heterocycles. The minimum atomic E-state index is -0.491. The summed E-state index contributed by atoms with van der Waals surface area (Å²) in [5.74, 6) is -0.395. The number of carbonyl (C=O) groups excluding carboxylic acids is 2. The van der Waals surface area contributed by atoms with Gasteiger partial charge in [0.15, 0.2) is 0 Å². The van der Waals surface area contributed by atoms with Crippen LogP contribution < -0.4 is 5.32 Å². The fourth-order valence-corrected chi connectivity index (χ4v) is 3.73. The summed E-state index contributed by atoms with van der Waals surface area (Å²) < 4.78 is 4.81. The van der Waals surface area contributed by atoms with Gasteiger partial charge >= 0.3 is 5.97 Å². The lowest BCUT2D eigenvalue weighted by Gasteiger charge is -2.28. The maximum absolute atomic E-state index is 13.2. The van der Waals surface area contributed by atoms with Gasteiger partial charge in [0.05, 0.1) is 18.1 Å². The highest BCUT2D eigenvalue weighted by Crippen LogP contribution is 2.42. The number of rotatable bonds is 4. The van der Waals surface area contributed by atoms with Crippen LogP contribution >= 0.6 is 0 Å². The molecule has 130 valence electrons. The van der Waals surface area contributed by atoms with Crippen LogP contribution in [-0.2, 0) is 14.9 Å². The monoisotopic (exact) mass is 337 g/mol. The molecular formula is C21H23NO3. The second-order valence-electron chi connectivity index (χ2n) is 6.58. The Morgan fingerprint density at radius 1 is 1.00 bits per heavy atom. The highest BCUT2D eigenvalue weighted by atomic mass is 16.5. The summed E-state index contributed by atoms with van der Waals surface area (Å²) in [7, 11) is 1.36. The first-order chi connectivity index (χ1) is 12.1. The van der Waals surface area contributed by atoms with Crippen molar-refractivity contribution < 1.29 is 14.3 Å². The van der Waals surface area contributed by atoms with E-state index in [0.29, 0.717) is 11.3 Å². The van der Waals surface area contributed by atoms with Crippen LogP contribution in [0.15, 0.2) is 48.5 Å². The van der Waals surface area contributed by atoms with Crippen molar-refractivity contribution in [3.05, 3.63) is 65.2 Å². The molecule has 2 aromatic carbocycles. The summed E-state index contributed by atoms with van der Waals surface area (Å²) in [6.07, 6.45) is 3.78. The van der Waals surface area contributed by atoms with Crippen molar-refractivity contribution in [2.75, 3.05) is 12.4 Å². The fourth-order valence-electron chi connectivity index (χ4n) is 3.73. The van der Waals surface area contributed by atoms with Crippen molar-refractivity contribution in [2.45, 2.75) is 38.0 Å². The summed E-state index contributed by atoms with van der Waals surface area (Å²) in [5, 5.41) is 3.06. The van der Waals surface area contributed by atoms with E-state index < -0.39 is 11.4 Å². The SMILES string of the molecule is COC(=O)c1cccc(NC(=O)C2(c3ccccc3)CCCC2)c1C. The van der Waals surface area contributed by atoms with Crippen molar-refractivity contribution in [3.63, 3.8) is 0 Å². The van der Waals surface area contributed by atoms with Crippen LogP contribution in [-0.4, -0.2) is 19.0 Å². The summed E-state index contributed by atoms with van der Waals surface area (Å²) in [6, 6.07) is 15.3. The Balaban J connectivity index is 1.92. The number of amides is 1. The number of hydrogen-bond donors (Lipinski definition) is 1. The van der Waals surface area contributed by atoms with Gasteiger partial charge in [0.1, 0.15) is 0 Å². The summed E-state index contributed by atoms with van der Waals surface area (Å²) in [6.45, 7) is 1.83. The summed E-state index contributed by atoms with van der Waals surface area (Å²) in [5.41, 5.74) is 2.43. The third kappa shape index (κ3) is 3.16. The van der Waals surface area contributed by atoms with Crippen molar-refractivity contribution >= 4 is 17.6 Å². The summed E-state index contributed by atoms with van der Waals surface area (Å²) in [4.78, 5) is 25.1. The van der Waals surface area contributed by atoms with E-state index in [1.54, 1.807) is 12.1 Å². The van der Waals surface area contributed by atoms with Gasteiger partial charge in [0.2, 0.25) is 5.91 Å². The van der Waals surface area contributed by atoms with E-state index in [-0.39, 0.29) is 5.91 Å². The molecule has 1 saturated carbocycles. The van der Waals surface area contributed by atoms with Crippen LogP contribution in [0.25, 0.3) is 0 Å². The molecule has 3 rings (SSSR count). The van der Waals surface area contributed by atoms with Crippen molar-refractivity contribution in [1.82, 2.24) is 0 Å². The smallest absolute Gasteiger partial charge is 0.338 e. The minimum absolute atomic E-state index is 0.00122. The normalized spacial score (nSPS) is 15.6. The molecule has 2 aromatic rings. The first-order valence-electron chi connectivity index (χ1n) is 8.63. The molecule has 1 amide bonds. The Labute approximate surface area is 148 Å².